The molecular weight excluding hydrogens is 307 g/mol. The number of benzene rings is 1. The fourth-order valence-electron chi connectivity index (χ4n) is 2.69. The van der Waals surface area contributed by atoms with E-state index in [1.807, 2.05) is 12.1 Å². The Morgan fingerprint density at radius 1 is 1.38 bits per heavy atom. The van der Waals surface area contributed by atoms with Crippen LogP contribution in [0.25, 0.3) is 0 Å². The van der Waals surface area contributed by atoms with E-state index in [2.05, 4.69) is 17.1 Å². The molecule has 0 saturated carbocycles. The van der Waals surface area contributed by atoms with Crippen molar-refractivity contribution in [2.75, 3.05) is 19.6 Å². The lowest BCUT2D eigenvalue weighted by atomic mass is 10.0. The van der Waals surface area contributed by atoms with Crippen LogP contribution < -0.4 is 5.32 Å². The Balaban J connectivity index is 1.73. The molecule has 21 heavy (non-hydrogen) atoms. The fraction of sp³-hybridized carbons (Fsp3) is 0.562. The van der Waals surface area contributed by atoms with Gasteiger partial charge in [0, 0.05) is 22.6 Å². The Morgan fingerprint density at radius 2 is 2.19 bits per heavy atom. The molecule has 116 valence electrons. The molecule has 0 aromatic heterocycles. The lowest BCUT2D eigenvalue weighted by Crippen LogP contribution is -2.44. The van der Waals surface area contributed by atoms with Gasteiger partial charge in [-0.3, -0.25) is 9.69 Å². The summed E-state index contributed by atoms with van der Waals surface area (Å²) >= 11 is 12.0. The summed E-state index contributed by atoms with van der Waals surface area (Å²) in [5.74, 6) is 0.0915. The smallest absolute Gasteiger partial charge is 0.234 e. The molecule has 1 aliphatic rings. The normalized spacial score (nSPS) is 19.5. The maximum Gasteiger partial charge on any atom is 0.234 e. The minimum absolute atomic E-state index is 0.0915. The Bertz CT molecular complexity index is 493. The van der Waals surface area contributed by atoms with E-state index in [4.69, 9.17) is 23.2 Å². The summed E-state index contributed by atoms with van der Waals surface area (Å²) in [6.07, 6.45) is 4.37. The maximum atomic E-state index is 12.0. The molecule has 1 fully saturated rings. The van der Waals surface area contributed by atoms with Crippen molar-refractivity contribution in [2.24, 2.45) is 0 Å². The van der Waals surface area contributed by atoms with Gasteiger partial charge >= 0.3 is 0 Å². The Hall–Kier alpha value is -0.770. The van der Waals surface area contributed by atoms with Gasteiger partial charge in [0.2, 0.25) is 5.91 Å². The number of carbonyl (C=O) groups excluding carboxylic acids is 1. The molecule has 3 nitrogen and oxygen atoms in total. The van der Waals surface area contributed by atoms with E-state index in [0.29, 0.717) is 29.2 Å². The summed E-state index contributed by atoms with van der Waals surface area (Å²) in [7, 11) is 0. The topological polar surface area (TPSA) is 32.3 Å². The number of likely N-dealkylation sites (tertiary alicyclic amines) is 1. The van der Waals surface area contributed by atoms with Crippen molar-refractivity contribution in [2.45, 2.75) is 38.6 Å². The van der Waals surface area contributed by atoms with Crippen LogP contribution in [-0.4, -0.2) is 36.5 Å². The van der Waals surface area contributed by atoms with Gasteiger partial charge in [0.1, 0.15) is 0 Å². The highest BCUT2D eigenvalue weighted by Crippen LogP contribution is 2.21. The van der Waals surface area contributed by atoms with Gasteiger partial charge in [0.15, 0.2) is 0 Å². The summed E-state index contributed by atoms with van der Waals surface area (Å²) in [6, 6.07) is 5.97. The van der Waals surface area contributed by atoms with E-state index in [-0.39, 0.29) is 5.91 Å². The van der Waals surface area contributed by atoms with Gasteiger partial charge in [-0.2, -0.15) is 0 Å². The first kappa shape index (κ1) is 16.6. The predicted molar refractivity (Wildman–Crippen MR) is 88.1 cm³/mol. The molecule has 1 saturated heterocycles. The van der Waals surface area contributed by atoms with Gasteiger partial charge in [0.05, 0.1) is 6.54 Å². The molecule has 1 N–H and O–H groups in total. The molecule has 1 heterocycles. The SMILES string of the molecule is C[C@@H]1CCCCN1CC(=O)NCCc1ccc(Cl)cc1Cl. The number of rotatable bonds is 5. The summed E-state index contributed by atoms with van der Waals surface area (Å²) in [5.41, 5.74) is 1.01. The van der Waals surface area contributed by atoms with Crippen molar-refractivity contribution in [1.29, 1.82) is 0 Å². The Kier molecular flexibility index (Phi) is 6.34. The zero-order chi connectivity index (χ0) is 15.2. The second kappa shape index (κ2) is 8.02. The molecule has 2 rings (SSSR count). The third-order valence-electron chi connectivity index (χ3n) is 4.02. The van der Waals surface area contributed by atoms with Gasteiger partial charge in [-0.1, -0.05) is 35.7 Å². The molecule has 0 spiro atoms. The number of piperidine rings is 1. The Morgan fingerprint density at radius 3 is 2.90 bits per heavy atom. The predicted octanol–water partition coefficient (Wildman–Crippen LogP) is 3.53. The maximum absolute atomic E-state index is 12.0. The largest absolute Gasteiger partial charge is 0.355 e. The minimum atomic E-state index is 0.0915. The van der Waals surface area contributed by atoms with Crippen LogP contribution in [0.1, 0.15) is 31.7 Å². The lowest BCUT2D eigenvalue weighted by molar-refractivity contribution is -0.123. The monoisotopic (exact) mass is 328 g/mol. The number of hydrogen-bond donors (Lipinski definition) is 1. The Labute approximate surface area is 136 Å². The molecule has 1 aromatic rings. The number of hydrogen-bond acceptors (Lipinski definition) is 2. The highest BCUT2D eigenvalue weighted by molar-refractivity contribution is 6.35. The van der Waals surface area contributed by atoms with Crippen LogP contribution in [0.3, 0.4) is 0 Å². The molecule has 1 aromatic carbocycles. The van der Waals surface area contributed by atoms with Crippen molar-refractivity contribution < 1.29 is 4.79 Å². The zero-order valence-electron chi connectivity index (χ0n) is 12.4. The van der Waals surface area contributed by atoms with Gasteiger partial charge in [-0.05, 0) is 50.4 Å². The van der Waals surface area contributed by atoms with Crippen LogP contribution in [0.2, 0.25) is 10.0 Å². The first-order valence-electron chi connectivity index (χ1n) is 7.51. The first-order valence-corrected chi connectivity index (χ1v) is 8.26. The number of halogens is 2. The second-order valence-corrected chi connectivity index (χ2v) is 6.49. The van der Waals surface area contributed by atoms with Crippen molar-refractivity contribution in [1.82, 2.24) is 10.2 Å². The second-order valence-electron chi connectivity index (χ2n) is 5.65. The van der Waals surface area contributed by atoms with Crippen molar-refractivity contribution in [3.05, 3.63) is 33.8 Å². The summed E-state index contributed by atoms with van der Waals surface area (Å²) < 4.78 is 0. The van der Waals surface area contributed by atoms with Crippen LogP contribution in [0.15, 0.2) is 18.2 Å². The van der Waals surface area contributed by atoms with E-state index in [1.54, 1.807) is 6.07 Å². The summed E-state index contributed by atoms with van der Waals surface area (Å²) in [5, 5.41) is 4.25. The standard InChI is InChI=1S/C16H22Cl2N2O/c1-12-4-2-3-9-20(12)11-16(21)19-8-7-13-5-6-14(17)10-15(13)18/h5-6,10,12H,2-4,7-9,11H2,1H3,(H,19,21)/t12-/m1/s1. The summed E-state index contributed by atoms with van der Waals surface area (Å²) in [6.45, 7) is 4.31. The highest BCUT2D eigenvalue weighted by atomic mass is 35.5. The molecule has 0 bridgehead atoms. The molecular formula is C16H22Cl2N2O. The third-order valence-corrected chi connectivity index (χ3v) is 4.61. The van der Waals surface area contributed by atoms with Gasteiger partial charge in [0.25, 0.3) is 0 Å². The summed E-state index contributed by atoms with van der Waals surface area (Å²) in [4.78, 5) is 14.2. The number of carbonyl (C=O) groups is 1. The molecule has 1 amide bonds. The van der Waals surface area contributed by atoms with Crippen LogP contribution in [0, 0.1) is 0 Å². The molecule has 1 atom stereocenters. The number of amides is 1. The van der Waals surface area contributed by atoms with Gasteiger partial charge < -0.3 is 5.32 Å². The number of nitrogens with one attached hydrogen (secondary N) is 1. The minimum Gasteiger partial charge on any atom is -0.355 e. The molecule has 0 radical (unpaired) electrons. The quantitative estimate of drug-likeness (QED) is 0.896. The van der Waals surface area contributed by atoms with E-state index in [0.717, 1.165) is 18.5 Å². The fourth-order valence-corrected chi connectivity index (χ4v) is 3.20. The molecule has 1 aliphatic heterocycles. The van der Waals surface area contributed by atoms with Crippen LogP contribution >= 0.6 is 23.2 Å². The molecule has 0 aliphatic carbocycles. The van der Waals surface area contributed by atoms with Gasteiger partial charge in [-0.25, -0.2) is 0 Å². The van der Waals surface area contributed by atoms with Gasteiger partial charge in [-0.15, -0.1) is 0 Å². The average Bonchev–Trinajstić information content (AvgIpc) is 2.44. The van der Waals surface area contributed by atoms with E-state index in [9.17, 15) is 4.79 Å². The van der Waals surface area contributed by atoms with E-state index < -0.39 is 0 Å². The van der Waals surface area contributed by atoms with Crippen LogP contribution in [-0.2, 0) is 11.2 Å². The number of nitrogens with zero attached hydrogens (tertiary/aromatic N) is 1. The van der Waals surface area contributed by atoms with Crippen LogP contribution in [0.5, 0.6) is 0 Å². The molecule has 5 heteroatoms. The highest BCUT2D eigenvalue weighted by Gasteiger charge is 2.20. The molecule has 0 unspecified atom stereocenters. The third kappa shape index (κ3) is 5.17. The van der Waals surface area contributed by atoms with E-state index in [1.165, 1.54) is 19.3 Å². The van der Waals surface area contributed by atoms with Crippen molar-refractivity contribution in [3.8, 4) is 0 Å². The first-order chi connectivity index (χ1) is 10.1. The lowest BCUT2D eigenvalue weighted by Gasteiger charge is -2.32. The average molecular weight is 329 g/mol. The zero-order valence-corrected chi connectivity index (χ0v) is 13.9. The van der Waals surface area contributed by atoms with Crippen molar-refractivity contribution >= 4 is 29.1 Å². The van der Waals surface area contributed by atoms with E-state index >= 15 is 0 Å². The van der Waals surface area contributed by atoms with Crippen LogP contribution in [0.4, 0.5) is 0 Å². The van der Waals surface area contributed by atoms with Crippen molar-refractivity contribution in [3.63, 3.8) is 0 Å².